The fourth-order valence-electron chi connectivity index (χ4n) is 3.76. The summed E-state index contributed by atoms with van der Waals surface area (Å²) in [5, 5.41) is 2.90. The van der Waals surface area contributed by atoms with Crippen LogP contribution in [0.1, 0.15) is 32.3 Å². The van der Waals surface area contributed by atoms with E-state index >= 15 is 0 Å². The second-order valence-electron chi connectivity index (χ2n) is 8.45. The molecule has 0 spiro atoms. The van der Waals surface area contributed by atoms with Gasteiger partial charge in [-0.2, -0.15) is 4.72 Å². The molecule has 0 radical (unpaired) electrons. The van der Waals surface area contributed by atoms with Crippen molar-refractivity contribution < 1.29 is 22.4 Å². The summed E-state index contributed by atoms with van der Waals surface area (Å²) in [5.74, 6) is -1.90. The molecule has 2 aromatic rings. The molecule has 1 aromatic carbocycles. The molecule has 1 saturated heterocycles. The third kappa shape index (κ3) is 6.35. The van der Waals surface area contributed by atoms with Gasteiger partial charge in [0.1, 0.15) is 16.8 Å². The molecule has 1 aliphatic rings. The molecule has 0 unspecified atom stereocenters. The van der Waals surface area contributed by atoms with Crippen LogP contribution in [0.15, 0.2) is 53.7 Å². The van der Waals surface area contributed by atoms with Gasteiger partial charge in [0.25, 0.3) is 0 Å². The second-order valence-corrected chi connectivity index (χ2v) is 10.1. The predicted molar refractivity (Wildman–Crippen MR) is 121 cm³/mol. The van der Waals surface area contributed by atoms with Crippen LogP contribution >= 0.6 is 0 Å². The van der Waals surface area contributed by atoms with E-state index < -0.39 is 26.8 Å². The van der Waals surface area contributed by atoms with Crippen molar-refractivity contribution in [2.24, 2.45) is 11.8 Å². The van der Waals surface area contributed by atoms with Crippen LogP contribution < -0.4 is 10.0 Å². The third-order valence-corrected chi connectivity index (χ3v) is 7.18. The van der Waals surface area contributed by atoms with E-state index in [2.05, 4.69) is 15.0 Å². The Morgan fingerprint density at radius 1 is 1.15 bits per heavy atom. The number of hydrogen-bond acceptors (Lipinski definition) is 5. The Morgan fingerprint density at radius 3 is 2.45 bits per heavy atom. The van der Waals surface area contributed by atoms with Crippen molar-refractivity contribution in [3.05, 3.63) is 60.2 Å². The molecule has 2 heterocycles. The molecule has 3 rings (SSSR count). The first-order valence-corrected chi connectivity index (χ1v) is 12.4. The maximum atomic E-state index is 14.0. The van der Waals surface area contributed by atoms with Gasteiger partial charge in [0.05, 0.1) is 0 Å². The number of amides is 2. The molecular formula is C23H29FN4O4S. The summed E-state index contributed by atoms with van der Waals surface area (Å²) in [7, 11) is -4.22. The molecule has 0 saturated carbocycles. The summed E-state index contributed by atoms with van der Waals surface area (Å²) < 4.78 is 41.8. The molecule has 0 aliphatic carbocycles. The van der Waals surface area contributed by atoms with Gasteiger partial charge >= 0.3 is 0 Å². The number of rotatable bonds is 8. The van der Waals surface area contributed by atoms with E-state index in [-0.39, 0.29) is 23.7 Å². The van der Waals surface area contributed by atoms with E-state index in [0.29, 0.717) is 32.5 Å². The van der Waals surface area contributed by atoms with Crippen LogP contribution in [0.3, 0.4) is 0 Å². The highest BCUT2D eigenvalue weighted by molar-refractivity contribution is 7.89. The number of aromatic nitrogens is 1. The molecule has 0 bridgehead atoms. The molecule has 178 valence electrons. The first-order chi connectivity index (χ1) is 15.7. The van der Waals surface area contributed by atoms with Crippen LogP contribution in [0.5, 0.6) is 0 Å². The fourth-order valence-corrected chi connectivity index (χ4v) is 5.18. The van der Waals surface area contributed by atoms with E-state index in [1.807, 2.05) is 6.07 Å². The Kier molecular flexibility index (Phi) is 8.15. The summed E-state index contributed by atoms with van der Waals surface area (Å²) in [6, 6.07) is 7.69. The summed E-state index contributed by atoms with van der Waals surface area (Å²) in [5.41, 5.74) is 0.903. The molecule has 1 aromatic heterocycles. The van der Waals surface area contributed by atoms with Crippen LogP contribution in [0.4, 0.5) is 4.39 Å². The number of pyridine rings is 1. The number of piperidine rings is 1. The van der Waals surface area contributed by atoms with Crippen LogP contribution in [0.25, 0.3) is 0 Å². The normalized spacial score (nSPS) is 15.9. The highest BCUT2D eigenvalue weighted by Crippen LogP contribution is 2.21. The predicted octanol–water partition coefficient (Wildman–Crippen LogP) is 2.08. The third-order valence-electron chi connectivity index (χ3n) is 5.71. The first-order valence-electron chi connectivity index (χ1n) is 10.9. The minimum Gasteiger partial charge on any atom is -0.352 e. The molecule has 1 aliphatic heterocycles. The zero-order valence-corrected chi connectivity index (χ0v) is 19.5. The zero-order chi connectivity index (χ0) is 24.0. The van der Waals surface area contributed by atoms with Gasteiger partial charge in [-0.05, 0) is 42.5 Å². The number of carbonyl (C=O) groups excluding carboxylic acids is 2. The summed E-state index contributed by atoms with van der Waals surface area (Å²) in [6.07, 6.45) is 4.32. The van der Waals surface area contributed by atoms with Crippen LogP contribution in [0.2, 0.25) is 0 Å². The molecule has 8 nitrogen and oxygen atoms in total. The average Bonchev–Trinajstić information content (AvgIpc) is 2.81. The van der Waals surface area contributed by atoms with Crippen molar-refractivity contribution in [2.75, 3.05) is 13.1 Å². The Bertz CT molecular complexity index is 1070. The van der Waals surface area contributed by atoms with Crippen LogP contribution in [-0.2, 0) is 26.2 Å². The van der Waals surface area contributed by atoms with Crippen LogP contribution in [-0.4, -0.2) is 49.2 Å². The largest absolute Gasteiger partial charge is 0.352 e. The minimum absolute atomic E-state index is 0.0772. The van der Waals surface area contributed by atoms with Crippen LogP contribution in [0, 0.1) is 17.7 Å². The van der Waals surface area contributed by atoms with E-state index in [1.54, 1.807) is 37.2 Å². The van der Waals surface area contributed by atoms with Crippen molar-refractivity contribution >= 4 is 21.8 Å². The van der Waals surface area contributed by atoms with E-state index in [0.717, 1.165) is 17.7 Å². The quantitative estimate of drug-likeness (QED) is 0.607. The molecule has 1 fully saturated rings. The Hall–Kier alpha value is -2.85. The molecule has 10 heteroatoms. The zero-order valence-electron chi connectivity index (χ0n) is 18.7. The maximum absolute atomic E-state index is 14.0. The maximum Gasteiger partial charge on any atom is 0.244 e. The van der Waals surface area contributed by atoms with Gasteiger partial charge < -0.3 is 10.2 Å². The lowest BCUT2D eigenvalue weighted by Crippen LogP contribution is -2.53. The number of benzene rings is 1. The highest BCUT2D eigenvalue weighted by atomic mass is 32.2. The number of halogens is 1. The van der Waals surface area contributed by atoms with Gasteiger partial charge in [-0.1, -0.05) is 32.0 Å². The highest BCUT2D eigenvalue weighted by Gasteiger charge is 2.35. The Morgan fingerprint density at radius 2 is 1.85 bits per heavy atom. The lowest BCUT2D eigenvalue weighted by Gasteiger charge is -2.35. The fraction of sp³-hybridized carbons (Fsp3) is 0.435. The van der Waals surface area contributed by atoms with E-state index in [4.69, 9.17) is 0 Å². The summed E-state index contributed by atoms with van der Waals surface area (Å²) in [6.45, 7) is 4.53. The number of carbonyl (C=O) groups is 2. The smallest absolute Gasteiger partial charge is 0.244 e. The van der Waals surface area contributed by atoms with Crippen molar-refractivity contribution in [1.82, 2.24) is 19.9 Å². The van der Waals surface area contributed by atoms with Gasteiger partial charge in [0.2, 0.25) is 21.8 Å². The number of nitrogens with zero attached hydrogens (tertiary/aromatic N) is 2. The monoisotopic (exact) mass is 476 g/mol. The molecule has 33 heavy (non-hydrogen) atoms. The van der Waals surface area contributed by atoms with Gasteiger partial charge in [0.15, 0.2) is 0 Å². The summed E-state index contributed by atoms with van der Waals surface area (Å²) in [4.78, 5) is 30.7. The first kappa shape index (κ1) is 24.8. The molecule has 2 amide bonds. The SMILES string of the molecule is CC(C)[C@H](NS(=O)(=O)c1ccccc1F)C(=O)N1CCC(C(=O)NCc2cccnc2)CC1. The number of sulfonamides is 1. The molecule has 2 N–H and O–H groups in total. The second kappa shape index (κ2) is 10.8. The lowest BCUT2D eigenvalue weighted by atomic mass is 9.94. The number of likely N-dealkylation sites (tertiary alicyclic amines) is 1. The van der Waals surface area contributed by atoms with E-state index in [1.165, 1.54) is 12.1 Å². The van der Waals surface area contributed by atoms with E-state index in [9.17, 15) is 22.4 Å². The topological polar surface area (TPSA) is 108 Å². The van der Waals surface area contributed by atoms with Crippen molar-refractivity contribution in [1.29, 1.82) is 0 Å². The van der Waals surface area contributed by atoms with Crippen molar-refractivity contribution in [3.8, 4) is 0 Å². The lowest BCUT2D eigenvalue weighted by molar-refractivity contribution is -0.137. The molecule has 1 atom stereocenters. The number of nitrogens with one attached hydrogen (secondary N) is 2. The standard InChI is InChI=1S/C23H29FN4O4S/c1-16(2)21(27-33(31,32)20-8-4-3-7-19(20)24)23(30)28-12-9-18(10-13-28)22(29)26-15-17-6-5-11-25-14-17/h3-8,11,14,16,18,21,27H,9-10,12-13,15H2,1-2H3,(H,26,29)/t21-/m0/s1. The minimum atomic E-state index is -4.22. The Balaban J connectivity index is 1.58. The van der Waals surface area contributed by atoms with Crippen molar-refractivity contribution in [3.63, 3.8) is 0 Å². The Labute approximate surface area is 193 Å². The average molecular weight is 477 g/mol. The van der Waals surface area contributed by atoms with Gasteiger partial charge in [-0.3, -0.25) is 14.6 Å². The van der Waals surface area contributed by atoms with Crippen molar-refractivity contribution in [2.45, 2.75) is 44.2 Å². The van der Waals surface area contributed by atoms with Gasteiger partial charge in [0, 0.05) is 37.9 Å². The summed E-state index contributed by atoms with van der Waals surface area (Å²) >= 11 is 0. The van der Waals surface area contributed by atoms with Gasteiger partial charge in [-0.15, -0.1) is 0 Å². The van der Waals surface area contributed by atoms with Gasteiger partial charge in [-0.25, -0.2) is 12.8 Å². The number of hydrogen-bond donors (Lipinski definition) is 2. The molecular weight excluding hydrogens is 447 g/mol.